The Balaban J connectivity index is 3.21. The molecule has 1 aromatic rings. The molecule has 0 heterocycles. The van der Waals surface area contributed by atoms with Gasteiger partial charge in [-0.3, -0.25) is 4.72 Å². The molecule has 0 unspecified atom stereocenters. The minimum absolute atomic E-state index is 0.414. The normalized spacial score (nSPS) is 11.4. The molecule has 0 aliphatic heterocycles. The van der Waals surface area contributed by atoms with Crippen LogP contribution in [0.2, 0.25) is 0 Å². The first kappa shape index (κ1) is 11.8. The molecule has 4 N–H and O–H groups in total. The van der Waals surface area contributed by atoms with Crippen LogP contribution < -0.4 is 15.2 Å². The molecule has 0 spiro atoms. The zero-order valence-electron chi connectivity index (χ0n) is 8.96. The van der Waals surface area contributed by atoms with E-state index in [1.807, 2.05) is 19.9 Å². The number of nitrogens with two attached hydrogens (primary N) is 1. The van der Waals surface area contributed by atoms with Crippen LogP contribution in [0.25, 0.3) is 0 Å². The summed E-state index contributed by atoms with van der Waals surface area (Å²) in [6.45, 7) is 3.71. The van der Waals surface area contributed by atoms with E-state index in [9.17, 15) is 8.42 Å². The monoisotopic (exact) mass is 229 g/mol. The summed E-state index contributed by atoms with van der Waals surface area (Å²) < 4.78 is 27.2. The molecule has 1 aromatic carbocycles. The van der Waals surface area contributed by atoms with Gasteiger partial charge in [-0.05, 0) is 31.0 Å². The number of benzene rings is 1. The van der Waals surface area contributed by atoms with Crippen molar-refractivity contribution in [2.75, 3.05) is 17.5 Å². The molecular formula is C9H15N3O2S. The lowest BCUT2D eigenvalue weighted by Gasteiger charge is -2.13. The van der Waals surface area contributed by atoms with Crippen molar-refractivity contribution < 1.29 is 8.42 Å². The highest BCUT2D eigenvalue weighted by atomic mass is 32.2. The van der Waals surface area contributed by atoms with Gasteiger partial charge in [-0.15, -0.1) is 0 Å². The van der Waals surface area contributed by atoms with E-state index in [0.717, 1.165) is 11.1 Å². The fourth-order valence-electron chi connectivity index (χ4n) is 1.16. The zero-order chi connectivity index (χ0) is 11.6. The van der Waals surface area contributed by atoms with Crippen molar-refractivity contribution in [2.24, 2.45) is 0 Å². The Kier molecular flexibility index (Phi) is 3.21. The number of nitrogens with one attached hydrogen (secondary N) is 2. The van der Waals surface area contributed by atoms with Gasteiger partial charge in [-0.2, -0.15) is 8.42 Å². The first-order chi connectivity index (χ1) is 6.87. The summed E-state index contributed by atoms with van der Waals surface area (Å²) in [5.74, 6) is 0. The quantitative estimate of drug-likeness (QED) is 0.669. The number of hydrogen-bond acceptors (Lipinski definition) is 3. The summed E-state index contributed by atoms with van der Waals surface area (Å²) in [4.78, 5) is 0. The summed E-state index contributed by atoms with van der Waals surface area (Å²) in [5, 5.41) is 0. The second-order valence-electron chi connectivity index (χ2n) is 3.28. The molecule has 0 aromatic heterocycles. The Morgan fingerprint density at radius 2 is 1.87 bits per heavy atom. The third kappa shape index (κ3) is 2.60. The number of hydrogen-bond donors (Lipinski definition) is 3. The topological polar surface area (TPSA) is 84.2 Å². The van der Waals surface area contributed by atoms with Crippen LogP contribution in [0.5, 0.6) is 0 Å². The summed E-state index contributed by atoms with van der Waals surface area (Å²) >= 11 is 0. The van der Waals surface area contributed by atoms with Crippen LogP contribution >= 0.6 is 0 Å². The Labute approximate surface area is 89.9 Å². The Hall–Kier alpha value is -1.27. The highest BCUT2D eigenvalue weighted by Crippen LogP contribution is 2.26. The average molecular weight is 229 g/mol. The molecule has 84 valence electrons. The van der Waals surface area contributed by atoms with E-state index >= 15 is 0 Å². The van der Waals surface area contributed by atoms with Crippen molar-refractivity contribution in [3.05, 3.63) is 23.3 Å². The molecule has 0 aliphatic rings. The highest BCUT2D eigenvalue weighted by Gasteiger charge is 2.12. The van der Waals surface area contributed by atoms with Crippen molar-refractivity contribution in [1.82, 2.24) is 4.72 Å². The SMILES string of the molecule is CNS(=O)(=O)Nc1c(N)ccc(C)c1C. The summed E-state index contributed by atoms with van der Waals surface area (Å²) in [5.41, 5.74) is 8.36. The maximum Gasteiger partial charge on any atom is 0.298 e. The van der Waals surface area contributed by atoms with Crippen LogP contribution in [-0.4, -0.2) is 15.5 Å². The molecule has 0 fully saturated rings. The van der Waals surface area contributed by atoms with E-state index in [2.05, 4.69) is 9.44 Å². The molecule has 15 heavy (non-hydrogen) atoms. The van der Waals surface area contributed by atoms with Crippen LogP contribution in [0.3, 0.4) is 0 Å². The van der Waals surface area contributed by atoms with Crippen molar-refractivity contribution >= 4 is 21.6 Å². The van der Waals surface area contributed by atoms with Gasteiger partial charge in [0.05, 0.1) is 11.4 Å². The Morgan fingerprint density at radius 3 is 2.40 bits per heavy atom. The average Bonchev–Trinajstić information content (AvgIpc) is 2.19. The molecular weight excluding hydrogens is 214 g/mol. The molecule has 1 rings (SSSR count). The van der Waals surface area contributed by atoms with Crippen LogP contribution in [0.15, 0.2) is 12.1 Å². The second kappa shape index (κ2) is 4.08. The summed E-state index contributed by atoms with van der Waals surface area (Å²) in [6.07, 6.45) is 0. The highest BCUT2D eigenvalue weighted by molar-refractivity contribution is 7.90. The number of anilines is 2. The van der Waals surface area contributed by atoms with Gasteiger partial charge < -0.3 is 5.73 Å². The summed E-state index contributed by atoms with van der Waals surface area (Å²) in [6, 6.07) is 3.53. The van der Waals surface area contributed by atoms with Gasteiger partial charge in [0.2, 0.25) is 0 Å². The molecule has 5 nitrogen and oxygen atoms in total. The van der Waals surface area contributed by atoms with Gasteiger partial charge in [0.1, 0.15) is 0 Å². The minimum Gasteiger partial charge on any atom is -0.397 e. The van der Waals surface area contributed by atoms with E-state index in [-0.39, 0.29) is 0 Å². The predicted molar refractivity (Wildman–Crippen MR) is 61.9 cm³/mol. The third-order valence-corrected chi connectivity index (χ3v) is 3.28. The maximum absolute atomic E-state index is 11.3. The molecule has 0 saturated carbocycles. The second-order valence-corrected chi connectivity index (χ2v) is 4.90. The maximum atomic E-state index is 11.3. The van der Waals surface area contributed by atoms with Crippen molar-refractivity contribution in [3.63, 3.8) is 0 Å². The van der Waals surface area contributed by atoms with Crippen LogP contribution in [-0.2, 0) is 10.2 Å². The minimum atomic E-state index is -3.51. The molecule has 0 amide bonds. The molecule has 0 atom stereocenters. The fraction of sp³-hybridized carbons (Fsp3) is 0.333. The van der Waals surface area contributed by atoms with Crippen LogP contribution in [0.4, 0.5) is 11.4 Å². The lowest BCUT2D eigenvalue weighted by Crippen LogP contribution is -2.27. The fourth-order valence-corrected chi connectivity index (χ4v) is 1.80. The van der Waals surface area contributed by atoms with Gasteiger partial charge in [-0.1, -0.05) is 6.07 Å². The van der Waals surface area contributed by atoms with Gasteiger partial charge in [0, 0.05) is 7.05 Å². The number of aryl methyl sites for hydroxylation is 1. The first-order valence-corrected chi connectivity index (χ1v) is 5.92. The van der Waals surface area contributed by atoms with Crippen molar-refractivity contribution in [1.29, 1.82) is 0 Å². The van der Waals surface area contributed by atoms with E-state index < -0.39 is 10.2 Å². The van der Waals surface area contributed by atoms with Gasteiger partial charge in [0.15, 0.2) is 0 Å². The van der Waals surface area contributed by atoms with E-state index in [1.165, 1.54) is 7.05 Å². The third-order valence-electron chi connectivity index (χ3n) is 2.27. The van der Waals surface area contributed by atoms with E-state index in [0.29, 0.717) is 11.4 Å². The smallest absolute Gasteiger partial charge is 0.298 e. The van der Waals surface area contributed by atoms with E-state index in [1.54, 1.807) is 6.07 Å². The first-order valence-electron chi connectivity index (χ1n) is 4.44. The molecule has 0 aliphatic carbocycles. The van der Waals surface area contributed by atoms with Gasteiger partial charge in [0.25, 0.3) is 10.2 Å². The van der Waals surface area contributed by atoms with Crippen LogP contribution in [0, 0.1) is 13.8 Å². The molecule has 0 saturated heterocycles. The van der Waals surface area contributed by atoms with Crippen molar-refractivity contribution in [2.45, 2.75) is 13.8 Å². The summed E-state index contributed by atoms with van der Waals surface area (Å²) in [7, 11) is -2.18. The number of nitrogen functional groups attached to an aromatic ring is 1. The molecule has 0 radical (unpaired) electrons. The van der Waals surface area contributed by atoms with Crippen LogP contribution in [0.1, 0.15) is 11.1 Å². The molecule has 6 heteroatoms. The predicted octanol–water partition coefficient (Wildman–Crippen LogP) is 0.762. The standard InChI is InChI=1S/C9H15N3O2S/c1-6-4-5-8(10)9(7(6)2)12-15(13,14)11-3/h4-5,11-12H,10H2,1-3H3. The zero-order valence-corrected chi connectivity index (χ0v) is 9.77. The Bertz CT molecular complexity index is 468. The molecule has 0 bridgehead atoms. The lowest BCUT2D eigenvalue weighted by atomic mass is 10.1. The van der Waals surface area contributed by atoms with Gasteiger partial charge >= 0.3 is 0 Å². The van der Waals surface area contributed by atoms with E-state index in [4.69, 9.17) is 5.73 Å². The van der Waals surface area contributed by atoms with Gasteiger partial charge in [-0.25, -0.2) is 4.72 Å². The Morgan fingerprint density at radius 1 is 1.27 bits per heavy atom. The number of rotatable bonds is 3. The largest absolute Gasteiger partial charge is 0.397 e. The van der Waals surface area contributed by atoms with Crippen molar-refractivity contribution in [3.8, 4) is 0 Å². The lowest BCUT2D eigenvalue weighted by molar-refractivity contribution is 0.593.